The smallest absolute Gasteiger partial charge is 0.231 e. The van der Waals surface area contributed by atoms with Crippen LogP contribution in [-0.2, 0) is 4.79 Å². The summed E-state index contributed by atoms with van der Waals surface area (Å²) in [6.07, 6.45) is 7.14. The molecule has 0 fully saturated rings. The van der Waals surface area contributed by atoms with Crippen molar-refractivity contribution in [1.29, 1.82) is 0 Å². The Morgan fingerprint density at radius 1 is 1.04 bits per heavy atom. The molecule has 0 bridgehead atoms. The normalized spacial score (nSPS) is 10.0. The van der Waals surface area contributed by atoms with E-state index in [1.807, 2.05) is 18.3 Å². The van der Waals surface area contributed by atoms with Crippen LogP contribution in [-0.4, -0.2) is 37.1 Å². The second-order valence-electron chi connectivity index (χ2n) is 5.06. The molecule has 0 aliphatic rings. The largest absolute Gasteiger partial charge is 0.345 e. The lowest BCUT2D eigenvalue weighted by atomic mass is 10.2. The number of fused-ring (bicyclic) bond motifs is 1. The number of H-pyrrole nitrogens is 2. The van der Waals surface area contributed by atoms with E-state index >= 15 is 0 Å². The molecule has 0 unspecified atom stereocenters. The van der Waals surface area contributed by atoms with Gasteiger partial charge < -0.3 is 9.97 Å². The summed E-state index contributed by atoms with van der Waals surface area (Å²) in [5.41, 5.74) is 4.13. The molecule has 1 amide bonds. The van der Waals surface area contributed by atoms with Gasteiger partial charge in [0.25, 0.3) is 0 Å². The number of nitrogens with zero attached hydrogens (tertiary/aromatic N) is 3. The molecule has 0 atom stereocenters. The van der Waals surface area contributed by atoms with E-state index in [2.05, 4.69) is 30.8 Å². The van der Waals surface area contributed by atoms with Crippen LogP contribution in [0.25, 0.3) is 22.4 Å². The number of carbonyl (C=O) groups excluding carboxylic acids is 2. The second kappa shape index (κ2) is 7.81. The lowest BCUT2D eigenvalue weighted by Gasteiger charge is -1.95. The molecule has 5 N–H and O–H groups in total. The zero-order valence-electron chi connectivity index (χ0n) is 13.5. The number of pyridine rings is 2. The van der Waals surface area contributed by atoms with E-state index in [-0.39, 0.29) is 5.78 Å². The molecule has 0 saturated heterocycles. The Balaban J connectivity index is 0.000000447. The van der Waals surface area contributed by atoms with Gasteiger partial charge in [0.2, 0.25) is 12.2 Å². The third-order valence-corrected chi connectivity index (χ3v) is 3.48. The van der Waals surface area contributed by atoms with Crippen LogP contribution in [0.15, 0.2) is 55.1 Å². The SMILES string of the molecule is NNC=O.O=C(c1ccccn1)c1c[nH]c(-c2c[nH]c3ncccc23)n1. The van der Waals surface area contributed by atoms with E-state index in [0.29, 0.717) is 23.6 Å². The van der Waals surface area contributed by atoms with E-state index in [1.165, 1.54) is 0 Å². The number of ketones is 1. The first-order valence-corrected chi connectivity index (χ1v) is 7.58. The third-order valence-electron chi connectivity index (χ3n) is 3.48. The fraction of sp³-hybridized carbons (Fsp3) is 0. The first-order valence-electron chi connectivity index (χ1n) is 7.58. The number of imidazole rings is 1. The molecule has 9 nitrogen and oxygen atoms in total. The Morgan fingerprint density at radius 2 is 1.85 bits per heavy atom. The van der Waals surface area contributed by atoms with Crippen molar-refractivity contribution >= 4 is 23.2 Å². The monoisotopic (exact) mass is 349 g/mol. The van der Waals surface area contributed by atoms with Gasteiger partial charge >= 0.3 is 0 Å². The summed E-state index contributed by atoms with van der Waals surface area (Å²) in [6.45, 7) is 0. The van der Waals surface area contributed by atoms with Gasteiger partial charge in [-0.25, -0.2) is 15.8 Å². The maximum atomic E-state index is 12.3. The van der Waals surface area contributed by atoms with Gasteiger partial charge in [0.15, 0.2) is 0 Å². The van der Waals surface area contributed by atoms with Crippen LogP contribution in [0.1, 0.15) is 16.2 Å². The fourth-order valence-electron chi connectivity index (χ4n) is 2.36. The number of nitrogens with two attached hydrogens (primary N) is 1. The van der Waals surface area contributed by atoms with Gasteiger partial charge in [-0.1, -0.05) is 6.07 Å². The highest BCUT2D eigenvalue weighted by atomic mass is 16.1. The maximum Gasteiger partial charge on any atom is 0.231 e. The van der Waals surface area contributed by atoms with Crippen molar-refractivity contribution in [3.63, 3.8) is 0 Å². The zero-order chi connectivity index (χ0) is 18.4. The molecule has 26 heavy (non-hydrogen) atoms. The summed E-state index contributed by atoms with van der Waals surface area (Å²) in [7, 11) is 0. The zero-order valence-corrected chi connectivity index (χ0v) is 13.5. The molecule has 130 valence electrons. The van der Waals surface area contributed by atoms with Crippen molar-refractivity contribution in [2.24, 2.45) is 5.84 Å². The summed E-state index contributed by atoms with van der Waals surface area (Å²) >= 11 is 0. The lowest BCUT2D eigenvalue weighted by Crippen LogP contribution is -2.18. The minimum absolute atomic E-state index is 0.207. The number of hydrogen-bond acceptors (Lipinski definition) is 6. The van der Waals surface area contributed by atoms with Gasteiger partial charge in [0, 0.05) is 35.7 Å². The second-order valence-corrected chi connectivity index (χ2v) is 5.06. The number of hydrazine groups is 1. The summed E-state index contributed by atoms with van der Waals surface area (Å²) < 4.78 is 0. The predicted octanol–water partition coefficient (Wildman–Crippen LogP) is 1.19. The quantitative estimate of drug-likeness (QED) is 0.143. The van der Waals surface area contributed by atoms with Crippen LogP contribution in [0.4, 0.5) is 0 Å². The first-order chi connectivity index (χ1) is 12.7. The molecule has 0 radical (unpaired) electrons. The number of aromatic amines is 2. The van der Waals surface area contributed by atoms with Gasteiger partial charge in [0.1, 0.15) is 22.9 Å². The Morgan fingerprint density at radius 3 is 2.58 bits per heavy atom. The van der Waals surface area contributed by atoms with Gasteiger partial charge in [-0.15, -0.1) is 0 Å². The highest BCUT2D eigenvalue weighted by molar-refractivity contribution is 6.06. The van der Waals surface area contributed by atoms with Crippen LogP contribution in [0.2, 0.25) is 0 Å². The van der Waals surface area contributed by atoms with Gasteiger partial charge in [-0.2, -0.15) is 0 Å². The number of aromatic nitrogens is 5. The average molecular weight is 349 g/mol. The molecule has 0 aliphatic heterocycles. The summed E-state index contributed by atoms with van der Waals surface area (Å²) in [4.78, 5) is 40.1. The van der Waals surface area contributed by atoms with Crippen LogP contribution >= 0.6 is 0 Å². The summed E-state index contributed by atoms with van der Waals surface area (Å²) in [5.74, 6) is 4.83. The van der Waals surface area contributed by atoms with Crippen molar-refractivity contribution in [3.05, 3.63) is 66.5 Å². The molecule has 4 aromatic rings. The topological polar surface area (TPSA) is 142 Å². The molecule has 0 spiro atoms. The van der Waals surface area contributed by atoms with E-state index < -0.39 is 0 Å². The maximum absolute atomic E-state index is 12.3. The molecule has 4 rings (SSSR count). The highest BCUT2D eigenvalue weighted by Crippen LogP contribution is 2.25. The Kier molecular flexibility index (Phi) is 5.11. The predicted molar refractivity (Wildman–Crippen MR) is 94.7 cm³/mol. The Bertz CT molecular complexity index is 1020. The van der Waals surface area contributed by atoms with Crippen molar-refractivity contribution in [2.45, 2.75) is 0 Å². The van der Waals surface area contributed by atoms with Gasteiger partial charge in [-0.3, -0.25) is 20.0 Å². The van der Waals surface area contributed by atoms with E-state index in [9.17, 15) is 4.79 Å². The standard InChI is InChI=1S/C16H11N5O.CH4N2O/c22-14(12-5-1-2-6-17-12)13-9-20-16(21-13)11-8-19-15-10(11)4-3-7-18-15;2-3-1-4/h1-9H,(H,18,19)(H,20,21);1H,2H2,(H,3,4). The average Bonchev–Trinajstić information content (AvgIpc) is 3.35. The van der Waals surface area contributed by atoms with Crippen molar-refractivity contribution in [1.82, 2.24) is 30.3 Å². The Labute approximate surface area is 147 Å². The minimum Gasteiger partial charge on any atom is -0.345 e. The first kappa shape index (κ1) is 17.0. The molecule has 4 aromatic heterocycles. The molecule has 0 aromatic carbocycles. The fourth-order valence-corrected chi connectivity index (χ4v) is 2.36. The molecule has 0 aliphatic carbocycles. The molecule has 0 saturated carbocycles. The molecule has 9 heteroatoms. The van der Waals surface area contributed by atoms with E-state index in [0.717, 1.165) is 16.6 Å². The van der Waals surface area contributed by atoms with E-state index in [1.54, 1.807) is 42.2 Å². The van der Waals surface area contributed by atoms with Crippen LogP contribution in [0.5, 0.6) is 0 Å². The van der Waals surface area contributed by atoms with E-state index in [4.69, 9.17) is 4.79 Å². The van der Waals surface area contributed by atoms with Crippen molar-refractivity contribution in [3.8, 4) is 11.4 Å². The number of amides is 1. The number of hydrogen-bond donors (Lipinski definition) is 4. The summed E-state index contributed by atoms with van der Waals surface area (Å²) in [5, 5.41) is 0.952. The molecule has 4 heterocycles. The number of carbonyl (C=O) groups is 2. The van der Waals surface area contributed by atoms with Crippen molar-refractivity contribution < 1.29 is 9.59 Å². The van der Waals surface area contributed by atoms with Crippen LogP contribution in [0, 0.1) is 0 Å². The van der Waals surface area contributed by atoms with Crippen molar-refractivity contribution in [2.75, 3.05) is 0 Å². The Hall–Kier alpha value is -3.85. The minimum atomic E-state index is -0.207. The van der Waals surface area contributed by atoms with Gasteiger partial charge in [-0.05, 0) is 24.3 Å². The van der Waals surface area contributed by atoms with Crippen LogP contribution < -0.4 is 11.3 Å². The number of nitrogens with one attached hydrogen (secondary N) is 3. The lowest BCUT2D eigenvalue weighted by molar-refractivity contribution is -0.109. The summed E-state index contributed by atoms with van der Waals surface area (Å²) in [6, 6.07) is 9.04. The number of rotatable bonds is 4. The van der Waals surface area contributed by atoms with Crippen LogP contribution in [0.3, 0.4) is 0 Å². The molecular formula is C17H15N7O2. The molecular weight excluding hydrogens is 334 g/mol. The third kappa shape index (κ3) is 3.47. The highest BCUT2D eigenvalue weighted by Gasteiger charge is 2.16. The van der Waals surface area contributed by atoms with Gasteiger partial charge in [0.05, 0.1) is 0 Å².